The summed E-state index contributed by atoms with van der Waals surface area (Å²) in [5.41, 5.74) is 0. The Morgan fingerprint density at radius 3 is 1.81 bits per heavy atom. The molecule has 0 aliphatic rings. The fourth-order valence-electron chi connectivity index (χ4n) is 1.29. The van der Waals surface area contributed by atoms with E-state index in [1.807, 2.05) is 34.6 Å². The summed E-state index contributed by atoms with van der Waals surface area (Å²) < 4.78 is 21.8. The highest BCUT2D eigenvalue weighted by molar-refractivity contribution is 6.46. The minimum atomic E-state index is -0.333. The Morgan fingerprint density at radius 2 is 1.50 bits per heavy atom. The average Bonchev–Trinajstić information content (AvgIpc) is 2.16. The van der Waals surface area contributed by atoms with Crippen LogP contribution >= 0.6 is 0 Å². The van der Waals surface area contributed by atoms with Gasteiger partial charge in [-0.3, -0.25) is 0 Å². The molecule has 0 amide bonds. The van der Waals surface area contributed by atoms with Crippen LogP contribution in [-0.2, 0) is 18.8 Å². The van der Waals surface area contributed by atoms with Crippen molar-refractivity contribution in [2.45, 2.75) is 59.3 Å². The summed E-state index contributed by atoms with van der Waals surface area (Å²) in [7, 11) is 1.27. The molecule has 0 bridgehead atoms. The smallest absolute Gasteiger partial charge is 0.407 e. The average molecular weight is 232 g/mol. The van der Waals surface area contributed by atoms with E-state index in [1.165, 1.54) is 0 Å². The minimum Gasteiger partial charge on any atom is -0.407 e. The third-order valence-corrected chi connectivity index (χ3v) is 1.92. The maximum absolute atomic E-state index is 5.71. The highest BCUT2D eigenvalue weighted by atomic mass is 16.7. The first-order valence-corrected chi connectivity index (χ1v) is 5.92. The van der Waals surface area contributed by atoms with Gasteiger partial charge in [-0.05, 0) is 34.1 Å². The van der Waals surface area contributed by atoms with Crippen LogP contribution in [0.25, 0.3) is 0 Å². The number of ether oxygens (including phenoxy) is 2. The van der Waals surface area contributed by atoms with Gasteiger partial charge in [0.05, 0.1) is 6.00 Å². The van der Waals surface area contributed by atoms with E-state index in [0.717, 1.165) is 6.42 Å². The van der Waals surface area contributed by atoms with Crippen LogP contribution in [0.2, 0.25) is 0 Å². The van der Waals surface area contributed by atoms with Crippen molar-refractivity contribution in [3.8, 4) is 0 Å². The van der Waals surface area contributed by atoms with Gasteiger partial charge in [0.15, 0.2) is 0 Å². The molecule has 0 heterocycles. The molecule has 0 aliphatic carbocycles. The van der Waals surface area contributed by atoms with E-state index < -0.39 is 0 Å². The van der Waals surface area contributed by atoms with E-state index in [0.29, 0.717) is 0 Å². The molecule has 0 aliphatic heterocycles. The third kappa shape index (κ3) is 7.22. The quantitative estimate of drug-likeness (QED) is 0.451. The van der Waals surface area contributed by atoms with Gasteiger partial charge in [-0.2, -0.15) is 0 Å². The predicted molar refractivity (Wildman–Crippen MR) is 65.2 cm³/mol. The Morgan fingerprint density at radius 1 is 1.00 bits per heavy atom. The van der Waals surface area contributed by atoms with Crippen LogP contribution in [0.15, 0.2) is 0 Å². The Kier molecular flexibility index (Phi) is 8.94. The van der Waals surface area contributed by atoms with Crippen molar-refractivity contribution in [3.63, 3.8) is 0 Å². The Labute approximate surface area is 99.7 Å². The van der Waals surface area contributed by atoms with E-state index in [9.17, 15) is 0 Å². The second-order valence-corrected chi connectivity index (χ2v) is 4.26. The Bertz CT molecular complexity index is 154. The first-order valence-electron chi connectivity index (χ1n) is 5.92. The maximum atomic E-state index is 5.71. The molecule has 16 heavy (non-hydrogen) atoms. The molecule has 0 N–H and O–H groups in total. The van der Waals surface area contributed by atoms with Crippen molar-refractivity contribution in [2.75, 3.05) is 13.9 Å². The molecule has 0 radical (unpaired) electrons. The molecule has 0 aromatic rings. The molecule has 96 valence electrons. The van der Waals surface area contributed by atoms with Crippen LogP contribution in [0, 0.1) is 0 Å². The Hall–Kier alpha value is -0.0951. The molecule has 0 aromatic heterocycles. The molecule has 1 atom stereocenters. The molecule has 0 saturated carbocycles. The summed E-state index contributed by atoms with van der Waals surface area (Å²) in [4.78, 5) is 0. The monoisotopic (exact) mass is 232 g/mol. The predicted octanol–water partition coefficient (Wildman–Crippen LogP) is 2.26. The summed E-state index contributed by atoms with van der Waals surface area (Å²) >= 11 is 0. The van der Waals surface area contributed by atoms with E-state index in [-0.39, 0.29) is 32.1 Å². The van der Waals surface area contributed by atoms with Gasteiger partial charge in [-0.1, -0.05) is 6.92 Å². The lowest BCUT2D eigenvalue weighted by molar-refractivity contribution is -0.0632. The normalized spacial score (nSPS) is 13.5. The first kappa shape index (κ1) is 15.9. The lowest BCUT2D eigenvalue weighted by Gasteiger charge is -2.25. The van der Waals surface area contributed by atoms with Crippen LogP contribution in [0.3, 0.4) is 0 Å². The summed E-state index contributed by atoms with van der Waals surface area (Å²) in [6.45, 7) is 10.2. The molecule has 0 aromatic carbocycles. The van der Waals surface area contributed by atoms with Gasteiger partial charge in [0.1, 0.15) is 6.79 Å². The van der Waals surface area contributed by atoms with E-state index >= 15 is 0 Å². The molecule has 0 saturated heterocycles. The van der Waals surface area contributed by atoms with Gasteiger partial charge in [0, 0.05) is 19.3 Å². The SMILES string of the molecule is CCC(OCOC)B(OC(C)C)OC(C)C. The molecule has 0 spiro atoms. The zero-order valence-corrected chi connectivity index (χ0v) is 11.4. The summed E-state index contributed by atoms with van der Waals surface area (Å²) in [6.07, 6.45) is 1.06. The van der Waals surface area contributed by atoms with Crippen molar-refractivity contribution in [3.05, 3.63) is 0 Å². The van der Waals surface area contributed by atoms with E-state index in [1.54, 1.807) is 7.11 Å². The number of hydrogen-bond acceptors (Lipinski definition) is 4. The largest absolute Gasteiger partial charge is 0.488 e. The van der Waals surface area contributed by atoms with E-state index in [4.69, 9.17) is 18.8 Å². The van der Waals surface area contributed by atoms with Crippen molar-refractivity contribution < 1.29 is 18.8 Å². The zero-order valence-electron chi connectivity index (χ0n) is 11.4. The number of hydrogen-bond donors (Lipinski definition) is 0. The molecule has 0 fully saturated rings. The number of methoxy groups -OCH3 is 1. The molecule has 0 rings (SSSR count). The van der Waals surface area contributed by atoms with Crippen molar-refractivity contribution in [1.82, 2.24) is 0 Å². The van der Waals surface area contributed by atoms with Crippen LogP contribution < -0.4 is 0 Å². The summed E-state index contributed by atoms with van der Waals surface area (Å²) in [6, 6.07) is -0.0928. The minimum absolute atomic E-state index is 0.0928. The topological polar surface area (TPSA) is 36.9 Å². The van der Waals surface area contributed by atoms with Crippen LogP contribution in [-0.4, -0.2) is 39.2 Å². The van der Waals surface area contributed by atoms with Gasteiger partial charge in [-0.25, -0.2) is 0 Å². The lowest BCUT2D eigenvalue weighted by atomic mass is 9.78. The Balaban J connectivity index is 4.29. The van der Waals surface area contributed by atoms with E-state index in [2.05, 4.69) is 0 Å². The van der Waals surface area contributed by atoms with Crippen LogP contribution in [0.4, 0.5) is 0 Å². The van der Waals surface area contributed by atoms with Crippen LogP contribution in [0.1, 0.15) is 41.0 Å². The molecule has 5 heteroatoms. The summed E-state index contributed by atoms with van der Waals surface area (Å²) in [5, 5.41) is 0. The third-order valence-electron chi connectivity index (χ3n) is 1.92. The second kappa shape index (κ2) is 8.99. The fourth-order valence-corrected chi connectivity index (χ4v) is 1.29. The molecule has 4 nitrogen and oxygen atoms in total. The van der Waals surface area contributed by atoms with Gasteiger partial charge in [0.25, 0.3) is 0 Å². The number of rotatable bonds is 9. The molecular weight excluding hydrogens is 207 g/mol. The van der Waals surface area contributed by atoms with Gasteiger partial charge >= 0.3 is 7.12 Å². The highest BCUT2D eigenvalue weighted by Gasteiger charge is 2.32. The highest BCUT2D eigenvalue weighted by Crippen LogP contribution is 2.10. The van der Waals surface area contributed by atoms with Gasteiger partial charge in [0.2, 0.25) is 0 Å². The van der Waals surface area contributed by atoms with Crippen molar-refractivity contribution in [2.24, 2.45) is 0 Å². The lowest BCUT2D eigenvalue weighted by Crippen LogP contribution is -2.42. The second-order valence-electron chi connectivity index (χ2n) is 4.26. The fraction of sp³-hybridized carbons (Fsp3) is 1.00. The summed E-state index contributed by atoms with van der Waals surface area (Å²) in [5.74, 6) is 0. The molecular formula is C11H25BO4. The van der Waals surface area contributed by atoms with Gasteiger partial charge in [-0.15, -0.1) is 0 Å². The maximum Gasteiger partial charge on any atom is 0.488 e. The zero-order chi connectivity index (χ0) is 12.6. The molecule has 1 unspecified atom stereocenters. The van der Waals surface area contributed by atoms with Crippen LogP contribution in [0.5, 0.6) is 0 Å². The van der Waals surface area contributed by atoms with Gasteiger partial charge < -0.3 is 18.8 Å². The van der Waals surface area contributed by atoms with Crippen molar-refractivity contribution >= 4 is 7.12 Å². The van der Waals surface area contributed by atoms with Crippen molar-refractivity contribution in [1.29, 1.82) is 0 Å². The first-order chi connectivity index (χ1) is 7.51. The standard InChI is InChI=1S/C11H25BO4/c1-7-11(14-8-13-6)12(15-9(2)3)16-10(4)5/h9-11H,7-8H2,1-6H3.